The van der Waals surface area contributed by atoms with E-state index in [9.17, 15) is 4.79 Å². The van der Waals surface area contributed by atoms with E-state index in [2.05, 4.69) is 9.97 Å². The minimum Gasteiger partial charge on any atom is -0.465 e. The Kier molecular flexibility index (Phi) is 2.76. The number of fused-ring (bicyclic) bond motifs is 1. The van der Waals surface area contributed by atoms with Crippen molar-refractivity contribution in [1.29, 1.82) is 0 Å². The van der Waals surface area contributed by atoms with Gasteiger partial charge in [-0.05, 0) is 18.2 Å². The number of carbonyl (C=O) groups excluding carboxylic acids is 1. The molecule has 0 aliphatic carbocycles. The summed E-state index contributed by atoms with van der Waals surface area (Å²) in [5.41, 5.74) is 3.19. The third kappa shape index (κ3) is 1.97. The maximum atomic E-state index is 11.8. The maximum Gasteiger partial charge on any atom is 0.338 e. The van der Waals surface area contributed by atoms with E-state index in [0.29, 0.717) is 5.56 Å². The van der Waals surface area contributed by atoms with E-state index in [1.54, 1.807) is 18.5 Å². The van der Waals surface area contributed by atoms with Crippen molar-refractivity contribution in [3.63, 3.8) is 0 Å². The summed E-state index contributed by atoms with van der Waals surface area (Å²) in [5.74, 6) is -0.340. The Bertz CT molecular complexity index is 713. The summed E-state index contributed by atoms with van der Waals surface area (Å²) in [6.45, 7) is 0. The van der Waals surface area contributed by atoms with E-state index in [4.69, 9.17) is 4.74 Å². The second-order valence-corrected chi connectivity index (χ2v) is 4.18. The fourth-order valence-corrected chi connectivity index (χ4v) is 2.12. The van der Waals surface area contributed by atoms with Crippen LogP contribution in [0.4, 0.5) is 0 Å². The van der Waals surface area contributed by atoms with Crippen molar-refractivity contribution in [2.45, 2.75) is 0 Å². The molecule has 0 spiro atoms. The molecule has 4 heteroatoms. The zero-order valence-corrected chi connectivity index (χ0v) is 10.4. The SMILES string of the molecule is COC(=O)c1ccccc1-c1cc2ccncc2[nH]1. The highest BCUT2D eigenvalue weighted by Crippen LogP contribution is 2.26. The Hall–Kier alpha value is -2.62. The van der Waals surface area contributed by atoms with Crippen LogP contribution in [0.15, 0.2) is 48.8 Å². The number of pyridine rings is 1. The zero-order chi connectivity index (χ0) is 13.2. The van der Waals surface area contributed by atoms with Crippen molar-refractivity contribution in [1.82, 2.24) is 9.97 Å². The molecule has 2 aromatic heterocycles. The lowest BCUT2D eigenvalue weighted by atomic mass is 10.0. The van der Waals surface area contributed by atoms with Crippen LogP contribution in [0.5, 0.6) is 0 Å². The highest BCUT2D eigenvalue weighted by atomic mass is 16.5. The number of benzene rings is 1. The van der Waals surface area contributed by atoms with Crippen molar-refractivity contribution in [3.8, 4) is 11.3 Å². The summed E-state index contributed by atoms with van der Waals surface area (Å²) in [7, 11) is 1.38. The van der Waals surface area contributed by atoms with Gasteiger partial charge in [0.1, 0.15) is 0 Å². The quantitative estimate of drug-likeness (QED) is 0.713. The summed E-state index contributed by atoms with van der Waals surface area (Å²) < 4.78 is 4.81. The van der Waals surface area contributed by atoms with Gasteiger partial charge in [0, 0.05) is 22.8 Å². The van der Waals surface area contributed by atoms with Crippen molar-refractivity contribution < 1.29 is 9.53 Å². The molecule has 3 rings (SSSR count). The minimum absolute atomic E-state index is 0.340. The fourth-order valence-electron chi connectivity index (χ4n) is 2.12. The van der Waals surface area contributed by atoms with Gasteiger partial charge in [-0.2, -0.15) is 0 Å². The van der Waals surface area contributed by atoms with Crippen LogP contribution >= 0.6 is 0 Å². The summed E-state index contributed by atoms with van der Waals surface area (Å²) in [6, 6.07) is 11.3. The molecule has 0 atom stereocenters. The molecule has 19 heavy (non-hydrogen) atoms. The molecule has 0 amide bonds. The number of methoxy groups -OCH3 is 1. The van der Waals surface area contributed by atoms with Crippen LogP contribution < -0.4 is 0 Å². The van der Waals surface area contributed by atoms with Crippen LogP contribution in [0.3, 0.4) is 0 Å². The number of aromatic amines is 1. The van der Waals surface area contributed by atoms with Crippen molar-refractivity contribution in [2.75, 3.05) is 7.11 Å². The molecule has 0 bridgehead atoms. The van der Waals surface area contributed by atoms with Crippen molar-refractivity contribution in [3.05, 3.63) is 54.4 Å². The lowest BCUT2D eigenvalue weighted by Crippen LogP contribution is -2.03. The average Bonchev–Trinajstić information content (AvgIpc) is 2.90. The number of carbonyl (C=O) groups is 1. The van der Waals surface area contributed by atoms with Gasteiger partial charge in [-0.3, -0.25) is 4.98 Å². The lowest BCUT2D eigenvalue weighted by molar-refractivity contribution is 0.0601. The summed E-state index contributed by atoms with van der Waals surface area (Å²) >= 11 is 0. The Morgan fingerprint density at radius 3 is 2.89 bits per heavy atom. The Labute approximate surface area is 110 Å². The second kappa shape index (κ2) is 4.57. The molecule has 1 N–H and O–H groups in total. The predicted octanol–water partition coefficient (Wildman–Crippen LogP) is 3.02. The molecular weight excluding hydrogens is 240 g/mol. The van der Waals surface area contributed by atoms with E-state index in [1.165, 1.54) is 7.11 Å². The van der Waals surface area contributed by atoms with Gasteiger partial charge in [-0.1, -0.05) is 18.2 Å². The average molecular weight is 252 g/mol. The number of ether oxygens (including phenoxy) is 1. The predicted molar refractivity (Wildman–Crippen MR) is 72.9 cm³/mol. The number of aromatic nitrogens is 2. The first-order valence-corrected chi connectivity index (χ1v) is 5.90. The summed E-state index contributed by atoms with van der Waals surface area (Å²) in [5, 5.41) is 1.06. The monoisotopic (exact) mass is 252 g/mol. The molecule has 4 nitrogen and oxygen atoms in total. The van der Waals surface area contributed by atoms with Gasteiger partial charge in [0.25, 0.3) is 0 Å². The first-order chi connectivity index (χ1) is 9.29. The number of nitrogens with zero attached hydrogens (tertiary/aromatic N) is 1. The van der Waals surface area contributed by atoms with Crippen molar-refractivity contribution in [2.24, 2.45) is 0 Å². The summed E-state index contributed by atoms with van der Waals surface area (Å²) in [6.07, 6.45) is 3.51. The highest BCUT2D eigenvalue weighted by molar-refractivity contribution is 5.98. The molecule has 0 saturated heterocycles. The van der Waals surface area contributed by atoms with E-state index < -0.39 is 0 Å². The number of hydrogen-bond donors (Lipinski definition) is 1. The largest absolute Gasteiger partial charge is 0.465 e. The normalized spacial score (nSPS) is 10.6. The molecule has 0 fully saturated rings. The van der Waals surface area contributed by atoms with Gasteiger partial charge < -0.3 is 9.72 Å². The van der Waals surface area contributed by atoms with Gasteiger partial charge in [-0.25, -0.2) is 4.79 Å². The number of hydrogen-bond acceptors (Lipinski definition) is 3. The molecule has 0 aliphatic heterocycles. The van der Waals surface area contributed by atoms with Gasteiger partial charge >= 0.3 is 5.97 Å². The molecule has 0 radical (unpaired) electrons. The topological polar surface area (TPSA) is 55.0 Å². The minimum atomic E-state index is -0.340. The van der Waals surface area contributed by atoms with Gasteiger partial charge in [-0.15, -0.1) is 0 Å². The van der Waals surface area contributed by atoms with Crippen LogP contribution in [0.1, 0.15) is 10.4 Å². The van der Waals surface area contributed by atoms with Crippen LogP contribution in [0, 0.1) is 0 Å². The Morgan fingerprint density at radius 2 is 2.11 bits per heavy atom. The van der Waals surface area contributed by atoms with Crippen molar-refractivity contribution >= 4 is 16.9 Å². The Balaban J connectivity index is 2.18. The molecule has 94 valence electrons. The maximum absolute atomic E-state index is 11.8. The highest BCUT2D eigenvalue weighted by Gasteiger charge is 2.13. The van der Waals surface area contributed by atoms with E-state index in [-0.39, 0.29) is 5.97 Å². The zero-order valence-electron chi connectivity index (χ0n) is 10.4. The molecule has 0 saturated carbocycles. The molecule has 0 unspecified atom stereocenters. The molecule has 2 heterocycles. The number of esters is 1. The first kappa shape index (κ1) is 11.5. The lowest BCUT2D eigenvalue weighted by Gasteiger charge is -2.05. The summed E-state index contributed by atoms with van der Waals surface area (Å²) in [4.78, 5) is 19.1. The molecule has 3 aromatic rings. The van der Waals surface area contributed by atoms with Gasteiger partial charge in [0.2, 0.25) is 0 Å². The third-order valence-electron chi connectivity index (χ3n) is 3.05. The molecule has 1 aromatic carbocycles. The van der Waals surface area contributed by atoms with Crippen LogP contribution in [-0.4, -0.2) is 23.0 Å². The van der Waals surface area contributed by atoms with Crippen LogP contribution in [-0.2, 0) is 4.74 Å². The fraction of sp³-hybridized carbons (Fsp3) is 0.0667. The Morgan fingerprint density at radius 1 is 1.26 bits per heavy atom. The standard InChI is InChI=1S/C15H12N2O2/c1-19-15(18)12-5-3-2-4-11(12)13-8-10-6-7-16-9-14(10)17-13/h2-9,17H,1H3. The number of rotatable bonds is 2. The van der Waals surface area contributed by atoms with E-state index >= 15 is 0 Å². The first-order valence-electron chi connectivity index (χ1n) is 5.90. The van der Waals surface area contributed by atoms with Crippen LogP contribution in [0.25, 0.3) is 22.2 Å². The third-order valence-corrected chi connectivity index (χ3v) is 3.05. The molecule has 0 aliphatic rings. The number of H-pyrrole nitrogens is 1. The molecular formula is C15H12N2O2. The van der Waals surface area contributed by atoms with Gasteiger partial charge in [0.05, 0.1) is 24.4 Å². The number of nitrogens with one attached hydrogen (secondary N) is 1. The van der Waals surface area contributed by atoms with E-state index in [0.717, 1.165) is 22.2 Å². The van der Waals surface area contributed by atoms with Crippen LogP contribution in [0.2, 0.25) is 0 Å². The smallest absolute Gasteiger partial charge is 0.338 e. The van der Waals surface area contributed by atoms with Gasteiger partial charge in [0.15, 0.2) is 0 Å². The van der Waals surface area contributed by atoms with E-state index in [1.807, 2.05) is 30.3 Å². The second-order valence-electron chi connectivity index (χ2n) is 4.18.